The van der Waals surface area contributed by atoms with Crippen molar-refractivity contribution in [1.82, 2.24) is 0 Å². The van der Waals surface area contributed by atoms with E-state index in [1.165, 1.54) is 0 Å². The molecule has 0 aliphatic carbocycles. The first kappa shape index (κ1) is 6.62. The molecule has 2 heteroatoms. The summed E-state index contributed by atoms with van der Waals surface area (Å²) in [6.45, 7) is 0.735. The lowest BCUT2D eigenvalue weighted by Crippen LogP contribution is -2.17. The standard InChI is InChI=1S/C7H13NO/c8-5-4-7-3-1-2-6-9-7/h2,6-7H,1,3-5,8H2. The van der Waals surface area contributed by atoms with Crippen molar-refractivity contribution in [2.45, 2.75) is 25.4 Å². The molecular formula is C7H13NO. The highest BCUT2D eigenvalue weighted by molar-refractivity contribution is 4.81. The highest BCUT2D eigenvalue weighted by Gasteiger charge is 2.07. The molecule has 1 aliphatic rings. The maximum atomic E-state index is 5.36. The lowest BCUT2D eigenvalue weighted by Gasteiger charge is -2.17. The van der Waals surface area contributed by atoms with Gasteiger partial charge >= 0.3 is 0 Å². The van der Waals surface area contributed by atoms with E-state index in [1.807, 2.05) is 6.08 Å². The van der Waals surface area contributed by atoms with Gasteiger partial charge in [0.05, 0.1) is 12.4 Å². The van der Waals surface area contributed by atoms with Gasteiger partial charge in [0.1, 0.15) is 0 Å². The topological polar surface area (TPSA) is 35.2 Å². The number of nitrogens with two attached hydrogens (primary N) is 1. The Labute approximate surface area is 55.7 Å². The Bertz CT molecular complexity index is 101. The zero-order valence-corrected chi connectivity index (χ0v) is 5.55. The molecule has 1 aliphatic heterocycles. The van der Waals surface area contributed by atoms with Crippen LogP contribution in [0.4, 0.5) is 0 Å². The first-order valence-electron chi connectivity index (χ1n) is 3.44. The van der Waals surface area contributed by atoms with E-state index >= 15 is 0 Å². The molecule has 0 aromatic heterocycles. The summed E-state index contributed by atoms with van der Waals surface area (Å²) in [6, 6.07) is 0. The van der Waals surface area contributed by atoms with E-state index in [9.17, 15) is 0 Å². The quantitative estimate of drug-likeness (QED) is 0.601. The van der Waals surface area contributed by atoms with Gasteiger partial charge in [0, 0.05) is 0 Å². The molecule has 1 rings (SSSR count). The van der Waals surface area contributed by atoms with Crippen molar-refractivity contribution in [3.05, 3.63) is 12.3 Å². The Morgan fingerprint density at radius 1 is 1.67 bits per heavy atom. The van der Waals surface area contributed by atoms with Gasteiger partial charge in [-0.1, -0.05) is 0 Å². The van der Waals surface area contributed by atoms with E-state index in [0.29, 0.717) is 6.10 Å². The zero-order chi connectivity index (χ0) is 6.53. The fraction of sp³-hybridized carbons (Fsp3) is 0.714. The molecule has 2 nitrogen and oxygen atoms in total. The van der Waals surface area contributed by atoms with E-state index in [1.54, 1.807) is 6.26 Å². The normalized spacial score (nSPS) is 25.7. The Morgan fingerprint density at radius 2 is 2.56 bits per heavy atom. The Kier molecular flexibility index (Phi) is 2.58. The smallest absolute Gasteiger partial charge is 0.0993 e. The lowest BCUT2D eigenvalue weighted by molar-refractivity contribution is 0.118. The van der Waals surface area contributed by atoms with Crippen LogP contribution in [0.5, 0.6) is 0 Å². The highest BCUT2D eigenvalue weighted by atomic mass is 16.5. The van der Waals surface area contributed by atoms with Gasteiger partial charge in [0.15, 0.2) is 0 Å². The summed E-state index contributed by atoms with van der Waals surface area (Å²) in [5.74, 6) is 0. The molecule has 0 amide bonds. The summed E-state index contributed by atoms with van der Waals surface area (Å²) >= 11 is 0. The third kappa shape index (κ3) is 2.06. The molecule has 0 radical (unpaired) electrons. The predicted octanol–water partition coefficient (Wildman–Crippen LogP) is 1.03. The predicted molar refractivity (Wildman–Crippen MR) is 36.9 cm³/mol. The van der Waals surface area contributed by atoms with Gasteiger partial charge in [0.25, 0.3) is 0 Å². The van der Waals surface area contributed by atoms with Crippen LogP contribution in [0.25, 0.3) is 0 Å². The van der Waals surface area contributed by atoms with Gasteiger partial charge in [-0.05, 0) is 31.9 Å². The number of ether oxygens (including phenoxy) is 1. The molecule has 0 saturated heterocycles. The van der Waals surface area contributed by atoms with Crippen LogP contribution in [-0.4, -0.2) is 12.6 Å². The van der Waals surface area contributed by atoms with Crippen LogP contribution in [0.3, 0.4) is 0 Å². The molecule has 52 valence electrons. The van der Waals surface area contributed by atoms with Crippen LogP contribution in [0.15, 0.2) is 12.3 Å². The molecule has 9 heavy (non-hydrogen) atoms. The van der Waals surface area contributed by atoms with Crippen LogP contribution < -0.4 is 5.73 Å². The first-order valence-corrected chi connectivity index (χ1v) is 3.44. The number of hydrogen-bond acceptors (Lipinski definition) is 2. The minimum absolute atomic E-state index is 0.389. The Hall–Kier alpha value is -0.500. The van der Waals surface area contributed by atoms with Gasteiger partial charge in [-0.2, -0.15) is 0 Å². The summed E-state index contributed by atoms with van der Waals surface area (Å²) in [5, 5.41) is 0. The fourth-order valence-corrected chi connectivity index (χ4v) is 0.983. The van der Waals surface area contributed by atoms with Crippen LogP contribution >= 0.6 is 0 Å². The van der Waals surface area contributed by atoms with E-state index in [0.717, 1.165) is 25.8 Å². The van der Waals surface area contributed by atoms with Crippen molar-refractivity contribution in [3.8, 4) is 0 Å². The molecule has 0 aromatic carbocycles. The molecule has 2 N–H and O–H groups in total. The fourth-order valence-electron chi connectivity index (χ4n) is 0.983. The maximum absolute atomic E-state index is 5.36. The van der Waals surface area contributed by atoms with E-state index in [2.05, 4.69) is 0 Å². The van der Waals surface area contributed by atoms with Crippen LogP contribution in [0.1, 0.15) is 19.3 Å². The molecule has 1 atom stereocenters. The lowest BCUT2D eigenvalue weighted by atomic mass is 10.1. The first-order chi connectivity index (χ1) is 4.43. The number of hydrogen-bond donors (Lipinski definition) is 1. The van der Waals surface area contributed by atoms with Crippen molar-refractivity contribution in [2.24, 2.45) is 5.73 Å². The Balaban J connectivity index is 2.18. The summed E-state index contributed by atoms with van der Waals surface area (Å²) in [6.07, 6.45) is 7.49. The van der Waals surface area contributed by atoms with E-state index in [4.69, 9.17) is 10.5 Å². The summed E-state index contributed by atoms with van der Waals surface area (Å²) in [5.41, 5.74) is 5.36. The zero-order valence-electron chi connectivity index (χ0n) is 5.55. The molecular weight excluding hydrogens is 114 g/mol. The third-order valence-corrected chi connectivity index (χ3v) is 1.51. The average molecular weight is 127 g/mol. The molecule has 0 saturated carbocycles. The molecule has 0 fully saturated rings. The van der Waals surface area contributed by atoms with Crippen LogP contribution in [0, 0.1) is 0 Å². The summed E-state index contributed by atoms with van der Waals surface area (Å²) in [4.78, 5) is 0. The van der Waals surface area contributed by atoms with Gasteiger partial charge in [-0.25, -0.2) is 0 Å². The maximum Gasteiger partial charge on any atom is 0.0993 e. The third-order valence-electron chi connectivity index (χ3n) is 1.51. The summed E-state index contributed by atoms with van der Waals surface area (Å²) < 4.78 is 5.26. The minimum atomic E-state index is 0.389. The van der Waals surface area contributed by atoms with Gasteiger partial charge in [-0.3, -0.25) is 0 Å². The van der Waals surface area contributed by atoms with Crippen LogP contribution in [-0.2, 0) is 4.74 Å². The SMILES string of the molecule is NCCC1CCC=CO1. The highest BCUT2D eigenvalue weighted by Crippen LogP contribution is 2.11. The van der Waals surface area contributed by atoms with Crippen molar-refractivity contribution < 1.29 is 4.74 Å². The number of rotatable bonds is 2. The van der Waals surface area contributed by atoms with Crippen molar-refractivity contribution in [3.63, 3.8) is 0 Å². The minimum Gasteiger partial charge on any atom is -0.498 e. The second-order valence-corrected chi connectivity index (χ2v) is 2.28. The molecule has 0 bridgehead atoms. The van der Waals surface area contributed by atoms with E-state index < -0.39 is 0 Å². The molecule has 0 aromatic rings. The average Bonchev–Trinajstić information content (AvgIpc) is 1.91. The Morgan fingerprint density at radius 3 is 3.11 bits per heavy atom. The van der Waals surface area contributed by atoms with Gasteiger partial charge in [-0.15, -0.1) is 0 Å². The molecule has 1 unspecified atom stereocenters. The van der Waals surface area contributed by atoms with E-state index in [-0.39, 0.29) is 0 Å². The largest absolute Gasteiger partial charge is 0.498 e. The number of allylic oxidation sites excluding steroid dienone is 1. The second-order valence-electron chi connectivity index (χ2n) is 2.28. The van der Waals surface area contributed by atoms with Crippen LogP contribution in [0.2, 0.25) is 0 Å². The van der Waals surface area contributed by atoms with Crippen molar-refractivity contribution in [2.75, 3.05) is 6.54 Å². The van der Waals surface area contributed by atoms with Crippen molar-refractivity contribution >= 4 is 0 Å². The van der Waals surface area contributed by atoms with Gasteiger partial charge < -0.3 is 10.5 Å². The summed E-state index contributed by atoms with van der Waals surface area (Å²) in [7, 11) is 0. The second kappa shape index (κ2) is 3.51. The monoisotopic (exact) mass is 127 g/mol. The van der Waals surface area contributed by atoms with Gasteiger partial charge in [0.2, 0.25) is 0 Å². The van der Waals surface area contributed by atoms with Crippen molar-refractivity contribution in [1.29, 1.82) is 0 Å². The molecule has 0 spiro atoms. The molecule has 1 heterocycles.